The number of nitrogens with zero attached hydrogens (tertiary/aromatic N) is 1. The summed E-state index contributed by atoms with van der Waals surface area (Å²) in [4.78, 5) is 15.6. The van der Waals surface area contributed by atoms with E-state index in [9.17, 15) is 9.90 Å². The second kappa shape index (κ2) is 6.04. The molecule has 1 heterocycles. The highest BCUT2D eigenvalue weighted by molar-refractivity contribution is 8.00. The van der Waals surface area contributed by atoms with Crippen molar-refractivity contribution in [1.82, 2.24) is 4.98 Å². The van der Waals surface area contributed by atoms with Crippen LogP contribution in [0.4, 0.5) is 0 Å². The molecule has 19 heavy (non-hydrogen) atoms. The third-order valence-corrected chi connectivity index (χ3v) is 3.81. The zero-order valence-electron chi connectivity index (χ0n) is 10.5. The maximum atomic E-state index is 11.1. The van der Waals surface area contributed by atoms with Crippen LogP contribution < -0.4 is 0 Å². The predicted octanol–water partition coefficient (Wildman–Crippen LogP) is 2.55. The van der Waals surface area contributed by atoms with Crippen molar-refractivity contribution in [1.29, 1.82) is 0 Å². The maximum absolute atomic E-state index is 11.1. The molecule has 0 aliphatic carbocycles. The lowest BCUT2D eigenvalue weighted by Crippen LogP contribution is -2.21. The van der Waals surface area contributed by atoms with Crippen molar-refractivity contribution < 1.29 is 15.0 Å². The molecule has 0 aliphatic rings. The number of thioether (sulfide) groups is 1. The van der Waals surface area contributed by atoms with Gasteiger partial charge in [0.05, 0.1) is 16.6 Å². The molecule has 1 aromatic carbocycles. The van der Waals surface area contributed by atoms with E-state index in [2.05, 4.69) is 4.98 Å². The van der Waals surface area contributed by atoms with Crippen LogP contribution in [0.15, 0.2) is 41.4 Å². The molecule has 0 radical (unpaired) electrons. The maximum Gasteiger partial charge on any atom is 0.317 e. The van der Waals surface area contributed by atoms with E-state index < -0.39 is 17.3 Å². The highest BCUT2D eigenvalue weighted by atomic mass is 32.2. The number of rotatable bonds is 5. The van der Waals surface area contributed by atoms with Crippen molar-refractivity contribution >= 4 is 28.6 Å². The van der Waals surface area contributed by atoms with Gasteiger partial charge in [0.15, 0.2) is 0 Å². The van der Waals surface area contributed by atoms with Gasteiger partial charge in [0.25, 0.3) is 0 Å². The number of aliphatic hydroxyl groups excluding tert-OH is 1. The number of aliphatic hydroxyl groups is 1. The van der Waals surface area contributed by atoms with E-state index >= 15 is 0 Å². The summed E-state index contributed by atoms with van der Waals surface area (Å²) in [7, 11) is 0. The average Bonchev–Trinajstić information content (AvgIpc) is 2.37. The average molecular weight is 277 g/mol. The Morgan fingerprint density at radius 1 is 1.32 bits per heavy atom. The molecule has 2 aromatic rings. The predicted molar refractivity (Wildman–Crippen MR) is 75.3 cm³/mol. The van der Waals surface area contributed by atoms with Crippen LogP contribution in [-0.2, 0) is 4.79 Å². The molecule has 0 bridgehead atoms. The Morgan fingerprint density at radius 3 is 2.74 bits per heavy atom. The molecule has 0 amide bonds. The summed E-state index contributed by atoms with van der Waals surface area (Å²) in [6.45, 7) is 1.59. The van der Waals surface area contributed by atoms with Crippen LogP contribution >= 0.6 is 11.8 Å². The van der Waals surface area contributed by atoms with E-state index in [0.717, 1.165) is 10.9 Å². The van der Waals surface area contributed by atoms with E-state index in [0.29, 0.717) is 5.03 Å². The fraction of sp³-hybridized carbons (Fsp3) is 0.286. The number of hydrogen-bond donors (Lipinski definition) is 2. The second-order valence-electron chi connectivity index (χ2n) is 4.37. The number of carbonyl (C=O) groups is 1. The standard InChI is InChI=1S/C14H15NO3S/c1-9(16)8-12(14(17)18)19-13-7-6-10-4-2-3-5-11(10)15-13/h2-7,9,12,16H,8H2,1H3,(H,17,18)/t9-,12-/m0/s1. The van der Waals surface area contributed by atoms with Gasteiger partial charge in [-0.2, -0.15) is 0 Å². The lowest BCUT2D eigenvalue weighted by Gasteiger charge is -2.13. The molecule has 0 fully saturated rings. The largest absolute Gasteiger partial charge is 0.480 e. The lowest BCUT2D eigenvalue weighted by atomic mass is 10.2. The van der Waals surface area contributed by atoms with Gasteiger partial charge in [0, 0.05) is 5.39 Å². The van der Waals surface area contributed by atoms with Crippen LogP contribution in [-0.4, -0.2) is 32.5 Å². The fourth-order valence-electron chi connectivity index (χ4n) is 1.77. The molecule has 0 unspecified atom stereocenters. The minimum Gasteiger partial charge on any atom is -0.480 e. The SMILES string of the molecule is C[C@H](O)C[C@H](Sc1ccc2ccccc2n1)C(=O)O. The number of aliphatic carboxylic acids is 1. The van der Waals surface area contributed by atoms with Gasteiger partial charge in [-0.05, 0) is 25.5 Å². The van der Waals surface area contributed by atoms with Gasteiger partial charge in [0.1, 0.15) is 5.25 Å². The minimum absolute atomic E-state index is 0.203. The molecule has 0 spiro atoms. The molecule has 0 aliphatic heterocycles. The van der Waals surface area contributed by atoms with Crippen molar-refractivity contribution in [2.75, 3.05) is 0 Å². The monoisotopic (exact) mass is 277 g/mol. The smallest absolute Gasteiger partial charge is 0.317 e. The van der Waals surface area contributed by atoms with E-state index in [1.54, 1.807) is 6.92 Å². The van der Waals surface area contributed by atoms with E-state index in [-0.39, 0.29) is 6.42 Å². The van der Waals surface area contributed by atoms with Crippen molar-refractivity contribution in [3.05, 3.63) is 36.4 Å². The molecule has 2 N–H and O–H groups in total. The molecule has 0 saturated heterocycles. The summed E-state index contributed by atoms with van der Waals surface area (Å²) >= 11 is 1.17. The lowest BCUT2D eigenvalue weighted by molar-refractivity contribution is -0.136. The first-order chi connectivity index (χ1) is 9.06. The van der Waals surface area contributed by atoms with E-state index in [1.165, 1.54) is 11.8 Å². The van der Waals surface area contributed by atoms with Gasteiger partial charge in [-0.1, -0.05) is 36.0 Å². The van der Waals surface area contributed by atoms with Crippen molar-refractivity contribution in [2.45, 2.75) is 29.7 Å². The van der Waals surface area contributed by atoms with Crippen molar-refractivity contribution in [3.63, 3.8) is 0 Å². The molecule has 0 saturated carbocycles. The van der Waals surface area contributed by atoms with Crippen LogP contribution in [0.3, 0.4) is 0 Å². The van der Waals surface area contributed by atoms with Gasteiger partial charge in [-0.15, -0.1) is 0 Å². The number of fused-ring (bicyclic) bond motifs is 1. The summed E-state index contributed by atoms with van der Waals surface area (Å²) in [5, 5.41) is 19.5. The first-order valence-electron chi connectivity index (χ1n) is 5.99. The Hall–Kier alpha value is -1.59. The number of carboxylic acids is 1. The number of pyridine rings is 1. The van der Waals surface area contributed by atoms with Gasteiger partial charge >= 0.3 is 5.97 Å². The van der Waals surface area contributed by atoms with Crippen LogP contribution in [0, 0.1) is 0 Å². The Bertz CT molecular complexity index is 586. The fourth-order valence-corrected chi connectivity index (χ4v) is 2.83. The summed E-state index contributed by atoms with van der Waals surface area (Å²) < 4.78 is 0. The number of para-hydroxylation sites is 1. The van der Waals surface area contributed by atoms with Crippen LogP contribution in [0.5, 0.6) is 0 Å². The third kappa shape index (κ3) is 3.68. The van der Waals surface area contributed by atoms with Crippen molar-refractivity contribution in [2.24, 2.45) is 0 Å². The molecular formula is C14H15NO3S. The minimum atomic E-state index is -0.930. The Labute approximate surface area is 115 Å². The molecule has 2 atom stereocenters. The zero-order chi connectivity index (χ0) is 13.8. The third-order valence-electron chi connectivity index (χ3n) is 2.67. The number of hydrogen-bond acceptors (Lipinski definition) is 4. The second-order valence-corrected chi connectivity index (χ2v) is 5.59. The summed E-state index contributed by atoms with van der Waals surface area (Å²) in [5.41, 5.74) is 0.841. The Balaban J connectivity index is 2.21. The van der Waals surface area contributed by atoms with Gasteiger partial charge in [-0.25, -0.2) is 4.98 Å². The molecule has 100 valence electrons. The quantitative estimate of drug-likeness (QED) is 0.822. The van der Waals surface area contributed by atoms with Gasteiger partial charge < -0.3 is 10.2 Å². The normalized spacial score (nSPS) is 14.2. The van der Waals surface area contributed by atoms with E-state index in [4.69, 9.17) is 5.11 Å². The van der Waals surface area contributed by atoms with E-state index in [1.807, 2.05) is 36.4 Å². The Morgan fingerprint density at radius 2 is 2.05 bits per heavy atom. The number of benzene rings is 1. The Kier molecular flexibility index (Phi) is 4.39. The van der Waals surface area contributed by atoms with Crippen LogP contribution in [0.25, 0.3) is 10.9 Å². The summed E-state index contributed by atoms with van der Waals surface area (Å²) in [6, 6.07) is 11.4. The zero-order valence-corrected chi connectivity index (χ0v) is 11.3. The first-order valence-corrected chi connectivity index (χ1v) is 6.87. The summed E-state index contributed by atoms with van der Waals surface area (Å²) in [5.74, 6) is -0.930. The van der Waals surface area contributed by atoms with Gasteiger partial charge in [0.2, 0.25) is 0 Å². The highest BCUT2D eigenvalue weighted by Crippen LogP contribution is 2.26. The van der Waals surface area contributed by atoms with Gasteiger partial charge in [-0.3, -0.25) is 4.79 Å². The molecule has 1 aromatic heterocycles. The molecule has 5 heteroatoms. The molecular weight excluding hydrogens is 262 g/mol. The summed E-state index contributed by atoms with van der Waals surface area (Å²) in [6.07, 6.45) is -0.442. The molecule has 4 nitrogen and oxygen atoms in total. The van der Waals surface area contributed by atoms with Crippen LogP contribution in [0.2, 0.25) is 0 Å². The first kappa shape index (κ1) is 13.8. The van der Waals surface area contributed by atoms with Crippen molar-refractivity contribution in [3.8, 4) is 0 Å². The topological polar surface area (TPSA) is 70.4 Å². The number of aromatic nitrogens is 1. The molecule has 2 rings (SSSR count). The number of carboxylic acid groups (broad SMARTS) is 1. The van der Waals surface area contributed by atoms with Crippen LogP contribution in [0.1, 0.15) is 13.3 Å². The highest BCUT2D eigenvalue weighted by Gasteiger charge is 2.21.